The zero-order valence-corrected chi connectivity index (χ0v) is 6.23. The lowest BCUT2D eigenvalue weighted by molar-refractivity contribution is 0.895. The quantitative estimate of drug-likeness (QED) is 0.465. The first-order chi connectivity index (χ1) is 5.92. The SMILES string of the molecule is NNc1nnnc2ccccc12. The Bertz CT molecular complexity index is 394. The molecule has 0 spiro atoms. The number of benzene rings is 1. The van der Waals surface area contributed by atoms with Gasteiger partial charge in [0.15, 0.2) is 5.82 Å². The van der Waals surface area contributed by atoms with E-state index in [1.54, 1.807) is 0 Å². The van der Waals surface area contributed by atoms with Crippen molar-refractivity contribution in [3.05, 3.63) is 24.3 Å². The number of rotatable bonds is 1. The van der Waals surface area contributed by atoms with Crippen molar-refractivity contribution in [2.24, 2.45) is 5.84 Å². The number of nitrogens with two attached hydrogens (primary N) is 1. The van der Waals surface area contributed by atoms with Crippen molar-refractivity contribution in [3.8, 4) is 0 Å². The van der Waals surface area contributed by atoms with Gasteiger partial charge in [-0.15, -0.1) is 10.2 Å². The summed E-state index contributed by atoms with van der Waals surface area (Å²) in [6, 6.07) is 7.51. The molecule has 60 valence electrons. The topological polar surface area (TPSA) is 76.7 Å². The lowest BCUT2D eigenvalue weighted by Crippen LogP contribution is -2.10. The standard InChI is InChI=1S/C7H7N5/c8-9-7-5-3-1-2-4-6(5)10-12-11-7/h1-4H,8H2,(H,9,10,11). The third-order valence-electron chi connectivity index (χ3n) is 1.59. The molecule has 0 fully saturated rings. The van der Waals surface area contributed by atoms with Crippen LogP contribution < -0.4 is 11.3 Å². The normalized spacial score (nSPS) is 10.1. The van der Waals surface area contributed by atoms with Crippen LogP contribution in [0.3, 0.4) is 0 Å². The van der Waals surface area contributed by atoms with E-state index in [1.165, 1.54) is 0 Å². The van der Waals surface area contributed by atoms with Gasteiger partial charge in [-0.2, -0.15) is 0 Å². The van der Waals surface area contributed by atoms with Crippen LogP contribution >= 0.6 is 0 Å². The second kappa shape index (κ2) is 2.71. The molecule has 5 heteroatoms. The van der Waals surface area contributed by atoms with Gasteiger partial charge in [0.2, 0.25) is 0 Å². The Labute approximate surface area is 68.6 Å². The summed E-state index contributed by atoms with van der Waals surface area (Å²) in [5, 5.41) is 12.0. The second-order valence-corrected chi connectivity index (χ2v) is 2.30. The summed E-state index contributed by atoms with van der Waals surface area (Å²) in [6.07, 6.45) is 0. The maximum absolute atomic E-state index is 5.24. The zero-order valence-electron chi connectivity index (χ0n) is 6.23. The number of hydrogen-bond donors (Lipinski definition) is 2. The highest BCUT2D eigenvalue weighted by Crippen LogP contribution is 2.15. The number of hydrazine groups is 1. The van der Waals surface area contributed by atoms with Crippen LogP contribution in [0.15, 0.2) is 24.3 Å². The minimum Gasteiger partial charge on any atom is -0.306 e. The summed E-state index contributed by atoms with van der Waals surface area (Å²) in [5.74, 6) is 5.78. The fourth-order valence-electron chi connectivity index (χ4n) is 1.04. The van der Waals surface area contributed by atoms with Gasteiger partial charge in [-0.05, 0) is 17.3 Å². The molecule has 2 aromatic rings. The summed E-state index contributed by atoms with van der Waals surface area (Å²) >= 11 is 0. The van der Waals surface area contributed by atoms with Crippen LogP contribution in [0, 0.1) is 0 Å². The molecule has 12 heavy (non-hydrogen) atoms. The molecule has 0 bridgehead atoms. The van der Waals surface area contributed by atoms with Crippen molar-refractivity contribution in [1.29, 1.82) is 0 Å². The summed E-state index contributed by atoms with van der Waals surface area (Å²) < 4.78 is 0. The van der Waals surface area contributed by atoms with Crippen molar-refractivity contribution < 1.29 is 0 Å². The van der Waals surface area contributed by atoms with E-state index in [2.05, 4.69) is 20.8 Å². The number of fused-ring (bicyclic) bond motifs is 1. The molecule has 0 saturated carbocycles. The Kier molecular flexibility index (Phi) is 1.56. The first-order valence-electron chi connectivity index (χ1n) is 3.46. The zero-order chi connectivity index (χ0) is 8.39. The molecule has 5 nitrogen and oxygen atoms in total. The van der Waals surface area contributed by atoms with E-state index >= 15 is 0 Å². The third-order valence-corrected chi connectivity index (χ3v) is 1.59. The third kappa shape index (κ3) is 0.960. The van der Waals surface area contributed by atoms with Crippen LogP contribution in [0.4, 0.5) is 5.82 Å². The molecular formula is C7H7N5. The first-order valence-corrected chi connectivity index (χ1v) is 3.46. The molecular weight excluding hydrogens is 154 g/mol. The molecule has 0 amide bonds. The van der Waals surface area contributed by atoms with E-state index in [1.807, 2.05) is 24.3 Å². The van der Waals surface area contributed by atoms with Gasteiger partial charge >= 0.3 is 0 Å². The van der Waals surface area contributed by atoms with Crippen LogP contribution in [-0.4, -0.2) is 15.4 Å². The fraction of sp³-hybridized carbons (Fsp3) is 0. The van der Waals surface area contributed by atoms with E-state index < -0.39 is 0 Å². The highest BCUT2D eigenvalue weighted by atomic mass is 15.4. The molecule has 0 radical (unpaired) electrons. The van der Waals surface area contributed by atoms with E-state index in [4.69, 9.17) is 5.84 Å². The van der Waals surface area contributed by atoms with E-state index in [-0.39, 0.29) is 0 Å². The molecule has 0 aliphatic rings. The predicted octanol–water partition coefficient (Wildman–Crippen LogP) is 0.310. The summed E-state index contributed by atoms with van der Waals surface area (Å²) in [7, 11) is 0. The maximum atomic E-state index is 5.24. The predicted molar refractivity (Wildman–Crippen MR) is 45.1 cm³/mol. The van der Waals surface area contributed by atoms with Gasteiger partial charge in [-0.3, -0.25) is 0 Å². The Hall–Kier alpha value is -1.75. The highest BCUT2D eigenvalue weighted by Gasteiger charge is 2.00. The molecule has 1 aromatic heterocycles. The van der Waals surface area contributed by atoms with Gasteiger partial charge in [-0.25, -0.2) is 5.84 Å². The van der Waals surface area contributed by atoms with Crippen molar-refractivity contribution in [2.75, 3.05) is 5.43 Å². The highest BCUT2D eigenvalue weighted by molar-refractivity contribution is 5.87. The number of anilines is 1. The largest absolute Gasteiger partial charge is 0.306 e. The van der Waals surface area contributed by atoms with E-state index in [0.29, 0.717) is 5.82 Å². The van der Waals surface area contributed by atoms with Crippen molar-refractivity contribution in [3.63, 3.8) is 0 Å². The van der Waals surface area contributed by atoms with Gasteiger partial charge < -0.3 is 5.43 Å². The average molecular weight is 161 g/mol. The molecule has 0 unspecified atom stereocenters. The van der Waals surface area contributed by atoms with Gasteiger partial charge in [-0.1, -0.05) is 12.1 Å². The van der Waals surface area contributed by atoms with E-state index in [9.17, 15) is 0 Å². The molecule has 1 heterocycles. The van der Waals surface area contributed by atoms with Gasteiger partial charge in [0.1, 0.15) is 0 Å². The van der Waals surface area contributed by atoms with Crippen LogP contribution in [0.25, 0.3) is 10.9 Å². The minimum absolute atomic E-state index is 0.542. The van der Waals surface area contributed by atoms with Crippen molar-refractivity contribution in [1.82, 2.24) is 15.4 Å². The lowest BCUT2D eigenvalue weighted by Gasteiger charge is -2.00. The lowest BCUT2D eigenvalue weighted by atomic mass is 10.2. The number of hydrogen-bond acceptors (Lipinski definition) is 5. The molecule has 0 aliphatic heterocycles. The van der Waals surface area contributed by atoms with Gasteiger partial charge in [0.25, 0.3) is 0 Å². The molecule has 3 N–H and O–H groups in total. The average Bonchev–Trinajstić information content (AvgIpc) is 2.17. The van der Waals surface area contributed by atoms with Crippen molar-refractivity contribution in [2.45, 2.75) is 0 Å². The van der Waals surface area contributed by atoms with Gasteiger partial charge in [0, 0.05) is 5.39 Å². The summed E-state index contributed by atoms with van der Waals surface area (Å²) in [4.78, 5) is 0. The smallest absolute Gasteiger partial charge is 0.173 e. The van der Waals surface area contributed by atoms with Crippen molar-refractivity contribution >= 4 is 16.7 Å². The first kappa shape index (κ1) is 6.93. The molecule has 0 saturated heterocycles. The number of nitrogen functional groups attached to an aromatic ring is 1. The molecule has 0 atom stereocenters. The second-order valence-electron chi connectivity index (χ2n) is 2.30. The summed E-state index contributed by atoms with van der Waals surface area (Å²) in [5.41, 5.74) is 3.23. The Balaban J connectivity index is 2.79. The van der Waals surface area contributed by atoms with Gasteiger partial charge in [0.05, 0.1) is 5.52 Å². The monoisotopic (exact) mass is 161 g/mol. The minimum atomic E-state index is 0.542. The Morgan fingerprint density at radius 1 is 1.17 bits per heavy atom. The number of nitrogens with zero attached hydrogens (tertiary/aromatic N) is 3. The summed E-state index contributed by atoms with van der Waals surface area (Å²) in [6.45, 7) is 0. The van der Waals surface area contributed by atoms with Crippen LogP contribution in [0.1, 0.15) is 0 Å². The van der Waals surface area contributed by atoms with E-state index in [0.717, 1.165) is 10.9 Å². The van der Waals surface area contributed by atoms with Crippen LogP contribution in [0.2, 0.25) is 0 Å². The molecule has 0 aliphatic carbocycles. The number of aromatic nitrogens is 3. The Morgan fingerprint density at radius 3 is 2.83 bits per heavy atom. The van der Waals surface area contributed by atoms with Crippen LogP contribution in [-0.2, 0) is 0 Å². The fourth-order valence-corrected chi connectivity index (χ4v) is 1.04. The number of nitrogens with one attached hydrogen (secondary N) is 1. The Morgan fingerprint density at radius 2 is 2.00 bits per heavy atom. The maximum Gasteiger partial charge on any atom is 0.173 e. The molecule has 2 rings (SSSR count). The van der Waals surface area contributed by atoms with Crippen LogP contribution in [0.5, 0.6) is 0 Å². The molecule has 1 aromatic carbocycles.